The molecule has 5 aromatic rings. The Labute approximate surface area is 254 Å². The molecule has 1 aliphatic rings. The van der Waals surface area contributed by atoms with E-state index in [9.17, 15) is 22.0 Å². The molecule has 1 atom stereocenters. The third-order valence-electron chi connectivity index (χ3n) is 8.64. The molecule has 0 unspecified atom stereocenters. The molecule has 0 aliphatic carbocycles. The quantitative estimate of drug-likeness (QED) is 0.241. The Bertz CT molecular complexity index is 2000. The predicted molar refractivity (Wildman–Crippen MR) is 168 cm³/mol. The van der Waals surface area contributed by atoms with Gasteiger partial charge >= 0.3 is 0 Å². The van der Waals surface area contributed by atoms with E-state index in [1.165, 1.54) is 29.6 Å². The normalized spacial score (nSPS) is 15.8. The van der Waals surface area contributed by atoms with Crippen molar-refractivity contribution in [3.05, 3.63) is 89.1 Å². The summed E-state index contributed by atoms with van der Waals surface area (Å²) in [4.78, 5) is 15.6. The number of nitrogens with one attached hydrogen (secondary N) is 1. The number of piperidine rings is 1. The molecule has 44 heavy (non-hydrogen) atoms. The number of carbonyl (C=O) groups excluding carboxylic acids is 1. The molecule has 11 heteroatoms. The summed E-state index contributed by atoms with van der Waals surface area (Å²) in [6.07, 6.45) is 2.60. The Morgan fingerprint density at radius 3 is 2.52 bits per heavy atom. The largest absolute Gasteiger partial charge is 0.456 e. The summed E-state index contributed by atoms with van der Waals surface area (Å²) < 4.78 is 63.1. The van der Waals surface area contributed by atoms with Gasteiger partial charge in [0.05, 0.1) is 17.5 Å². The smallest absolute Gasteiger partial charge is 0.270 e. The molecule has 1 fully saturated rings. The van der Waals surface area contributed by atoms with Crippen molar-refractivity contribution in [2.24, 2.45) is 7.05 Å². The van der Waals surface area contributed by atoms with Gasteiger partial charge in [0, 0.05) is 67.6 Å². The fourth-order valence-corrected chi connectivity index (χ4v) is 6.79. The van der Waals surface area contributed by atoms with E-state index in [-0.39, 0.29) is 23.5 Å². The lowest BCUT2D eigenvalue weighted by Crippen LogP contribution is -2.40. The first-order chi connectivity index (χ1) is 21.0. The molecule has 2 aromatic heterocycles. The van der Waals surface area contributed by atoms with Crippen LogP contribution in [0.4, 0.5) is 14.5 Å². The second-order valence-corrected chi connectivity index (χ2v) is 13.4. The zero-order valence-electron chi connectivity index (χ0n) is 25.0. The van der Waals surface area contributed by atoms with Crippen molar-refractivity contribution in [1.82, 2.24) is 14.8 Å². The van der Waals surface area contributed by atoms with Crippen molar-refractivity contribution in [2.45, 2.75) is 25.3 Å². The van der Waals surface area contributed by atoms with Gasteiger partial charge in [0.2, 0.25) is 10.0 Å². The summed E-state index contributed by atoms with van der Waals surface area (Å²) in [7, 11) is 1.45. The average Bonchev–Trinajstić information content (AvgIpc) is 3.53. The van der Waals surface area contributed by atoms with E-state index in [2.05, 4.69) is 5.32 Å². The van der Waals surface area contributed by atoms with Crippen LogP contribution in [0.5, 0.6) is 0 Å². The molecule has 1 saturated heterocycles. The summed E-state index contributed by atoms with van der Waals surface area (Å²) in [5.41, 5.74) is 4.36. The molecule has 1 aliphatic heterocycles. The van der Waals surface area contributed by atoms with E-state index in [4.69, 9.17) is 4.42 Å². The second kappa shape index (κ2) is 11.4. The fraction of sp³-hybridized carbons (Fsp3) is 0.303. The number of halogens is 2. The minimum atomic E-state index is -3.64. The van der Waals surface area contributed by atoms with Crippen molar-refractivity contribution in [1.29, 1.82) is 0 Å². The number of aryl methyl sites for hydroxylation is 1. The highest BCUT2D eigenvalue weighted by Gasteiger charge is 2.31. The maximum atomic E-state index is 14.5. The van der Waals surface area contributed by atoms with Gasteiger partial charge in [0.25, 0.3) is 5.91 Å². The molecule has 1 N–H and O–H groups in total. The summed E-state index contributed by atoms with van der Waals surface area (Å²) in [5.74, 6) is -0.542. The van der Waals surface area contributed by atoms with Gasteiger partial charge in [0.1, 0.15) is 28.7 Å². The van der Waals surface area contributed by atoms with Crippen molar-refractivity contribution in [3.63, 3.8) is 0 Å². The molecular formula is C33H34F2N4O4S. The van der Waals surface area contributed by atoms with Crippen LogP contribution in [0.1, 0.15) is 40.4 Å². The van der Waals surface area contributed by atoms with Gasteiger partial charge in [0.15, 0.2) is 0 Å². The number of sulfonamides is 1. The fourth-order valence-electron chi connectivity index (χ4n) is 6.27. The Morgan fingerprint density at radius 2 is 1.84 bits per heavy atom. The summed E-state index contributed by atoms with van der Waals surface area (Å²) in [6, 6.07) is 16.1. The molecule has 230 valence electrons. The van der Waals surface area contributed by atoms with Crippen LogP contribution >= 0.6 is 0 Å². The van der Waals surface area contributed by atoms with Crippen LogP contribution in [0.25, 0.3) is 33.2 Å². The first-order valence-electron chi connectivity index (χ1n) is 14.4. The summed E-state index contributed by atoms with van der Waals surface area (Å²) in [6.45, 7) is 1.36. The number of hydrogen-bond acceptors (Lipinski definition) is 5. The molecule has 6 rings (SSSR count). The number of likely N-dealkylation sites (tertiary alicyclic amines) is 1. The monoisotopic (exact) mass is 620 g/mol. The number of aromatic nitrogens is 1. The number of rotatable bonds is 7. The molecular weight excluding hydrogens is 586 g/mol. The van der Waals surface area contributed by atoms with Crippen LogP contribution in [0, 0.1) is 11.6 Å². The predicted octanol–water partition coefficient (Wildman–Crippen LogP) is 6.00. The van der Waals surface area contributed by atoms with E-state index in [1.54, 1.807) is 52.9 Å². The van der Waals surface area contributed by atoms with Crippen LogP contribution in [-0.4, -0.2) is 57.2 Å². The first-order valence-corrected chi connectivity index (χ1v) is 16.3. The average molecular weight is 621 g/mol. The summed E-state index contributed by atoms with van der Waals surface area (Å²) in [5, 5.41) is 4.39. The van der Waals surface area contributed by atoms with Gasteiger partial charge in [-0.3, -0.25) is 9.10 Å². The van der Waals surface area contributed by atoms with Gasteiger partial charge in [-0.1, -0.05) is 6.07 Å². The molecule has 1 amide bonds. The number of carbonyl (C=O) groups is 1. The lowest BCUT2D eigenvalue weighted by atomic mass is 9.88. The third kappa shape index (κ3) is 5.24. The van der Waals surface area contributed by atoms with Crippen LogP contribution < -0.4 is 9.62 Å². The van der Waals surface area contributed by atoms with Crippen molar-refractivity contribution >= 4 is 43.5 Å². The maximum Gasteiger partial charge on any atom is 0.270 e. The van der Waals surface area contributed by atoms with Crippen molar-refractivity contribution < 1.29 is 26.4 Å². The number of hydrogen-bond donors (Lipinski definition) is 1. The van der Waals surface area contributed by atoms with Crippen LogP contribution in [0.3, 0.4) is 0 Å². The highest BCUT2D eigenvalue weighted by molar-refractivity contribution is 7.92. The molecule has 0 spiro atoms. The van der Waals surface area contributed by atoms with Gasteiger partial charge in [-0.25, -0.2) is 17.2 Å². The zero-order chi connectivity index (χ0) is 31.3. The van der Waals surface area contributed by atoms with Crippen molar-refractivity contribution in [3.8, 4) is 11.3 Å². The maximum absolute atomic E-state index is 14.5. The van der Waals surface area contributed by atoms with Gasteiger partial charge in [-0.05, 0) is 74.0 Å². The van der Waals surface area contributed by atoms with Crippen LogP contribution in [0.15, 0.2) is 65.1 Å². The second-order valence-electron chi connectivity index (χ2n) is 11.4. The highest BCUT2D eigenvalue weighted by Crippen LogP contribution is 2.42. The van der Waals surface area contributed by atoms with Crippen LogP contribution in [-0.2, 0) is 23.6 Å². The van der Waals surface area contributed by atoms with E-state index in [1.807, 2.05) is 13.1 Å². The highest BCUT2D eigenvalue weighted by atomic mass is 32.2. The van der Waals surface area contributed by atoms with Gasteiger partial charge < -0.3 is 19.2 Å². The molecule has 0 radical (unpaired) electrons. The Kier molecular flexibility index (Phi) is 7.71. The Hall–Kier alpha value is -4.22. The molecule has 3 aromatic carbocycles. The minimum Gasteiger partial charge on any atom is -0.456 e. The van der Waals surface area contributed by atoms with E-state index < -0.39 is 10.0 Å². The minimum absolute atomic E-state index is 0.172. The number of nitrogens with zero attached hydrogens (tertiary/aromatic N) is 3. The lowest BCUT2D eigenvalue weighted by molar-refractivity contribution is 0.0698. The first kappa shape index (κ1) is 29.8. The van der Waals surface area contributed by atoms with E-state index in [0.29, 0.717) is 65.2 Å². The number of furan rings is 1. The molecule has 0 bridgehead atoms. The van der Waals surface area contributed by atoms with Gasteiger partial charge in [-0.2, -0.15) is 0 Å². The zero-order valence-corrected chi connectivity index (χ0v) is 25.8. The summed E-state index contributed by atoms with van der Waals surface area (Å²) >= 11 is 0. The van der Waals surface area contributed by atoms with Crippen molar-refractivity contribution in [2.75, 3.05) is 37.7 Å². The van der Waals surface area contributed by atoms with E-state index >= 15 is 0 Å². The van der Waals surface area contributed by atoms with Gasteiger partial charge in [-0.15, -0.1) is 0 Å². The molecule has 0 saturated carbocycles. The number of benzene rings is 3. The standard InChI is InChI=1S/C33H34F2N4O4S/c1-36-18-26-24-15-23(29(38(3)44(4,41)42)17-31(24)43-32(26)20-10-12-22(34)13-11-20)21-7-6-14-39(19-21)33(40)30-16-25-27(35)8-5-9-28(25)37(30)2/h5,8-13,15-17,21,36H,6-7,14,18-19H2,1-4H3/t21-/m1/s1. The molecule has 3 heterocycles. The number of anilines is 1. The SMILES string of the molecule is CNCc1c(-c2ccc(F)cc2)oc2cc(N(C)S(C)(=O)=O)c([C@@H]3CCCN(C(=O)c4cc5c(F)cccc5n4C)C3)cc12. The van der Waals surface area contributed by atoms with Crippen LogP contribution in [0.2, 0.25) is 0 Å². The number of fused-ring (bicyclic) bond motifs is 2. The molecule has 8 nitrogen and oxygen atoms in total. The van der Waals surface area contributed by atoms with E-state index in [0.717, 1.165) is 29.2 Å². The Morgan fingerprint density at radius 1 is 1.09 bits per heavy atom. The topological polar surface area (TPSA) is 87.8 Å². The lowest BCUT2D eigenvalue weighted by Gasteiger charge is -2.35. The third-order valence-corrected chi connectivity index (χ3v) is 9.83. The Balaban J connectivity index is 1.44. The number of amides is 1.